The summed E-state index contributed by atoms with van der Waals surface area (Å²) in [5.74, 6) is 1.45. The summed E-state index contributed by atoms with van der Waals surface area (Å²) in [4.78, 5) is 10.8. The molecule has 1 aliphatic rings. The first kappa shape index (κ1) is 5.70. The number of nitrogens with zero attached hydrogens (tertiary/aromatic N) is 2. The molecule has 0 spiro atoms. The molecule has 4 heteroatoms. The average Bonchev–Trinajstić information content (AvgIpc) is 2.67. The summed E-state index contributed by atoms with van der Waals surface area (Å²) in [7, 11) is 1.75. The van der Waals surface area contributed by atoms with E-state index in [-0.39, 0.29) is 5.69 Å². The summed E-state index contributed by atoms with van der Waals surface area (Å²) >= 11 is 0. The van der Waals surface area contributed by atoms with Gasteiger partial charge in [0, 0.05) is 13.0 Å². The van der Waals surface area contributed by atoms with Crippen molar-refractivity contribution in [2.75, 3.05) is 0 Å². The predicted octanol–water partition coefficient (Wildman–Crippen LogP) is -0.0142. The van der Waals surface area contributed by atoms with Crippen LogP contribution < -0.4 is 5.69 Å². The van der Waals surface area contributed by atoms with Crippen molar-refractivity contribution in [3.8, 4) is 0 Å². The maximum absolute atomic E-state index is 10.8. The minimum Gasteiger partial charge on any atom is -0.282 e. The quantitative estimate of drug-likeness (QED) is 0.594. The molecule has 1 aromatic rings. The number of nitrogens with one attached hydrogen (secondary N) is 1. The molecular formula is C6H9N3O. The van der Waals surface area contributed by atoms with E-state index in [0.29, 0.717) is 5.92 Å². The van der Waals surface area contributed by atoms with Crippen molar-refractivity contribution in [3.05, 3.63) is 16.3 Å². The Morgan fingerprint density at radius 3 is 2.80 bits per heavy atom. The van der Waals surface area contributed by atoms with Crippen molar-refractivity contribution in [2.24, 2.45) is 7.05 Å². The minimum absolute atomic E-state index is 0.109. The van der Waals surface area contributed by atoms with Crippen LogP contribution in [0.3, 0.4) is 0 Å². The van der Waals surface area contributed by atoms with E-state index in [1.807, 2.05) is 0 Å². The third-order valence-electron chi connectivity index (χ3n) is 1.86. The third-order valence-corrected chi connectivity index (χ3v) is 1.86. The Balaban J connectivity index is 2.49. The summed E-state index contributed by atoms with van der Waals surface area (Å²) in [5, 5.41) is 6.32. The summed E-state index contributed by atoms with van der Waals surface area (Å²) in [6.07, 6.45) is 2.36. The molecule has 1 aromatic heterocycles. The number of H-pyrrole nitrogens is 1. The Kier molecular flexibility index (Phi) is 0.977. The maximum atomic E-state index is 10.8. The molecule has 0 radical (unpaired) electrons. The van der Waals surface area contributed by atoms with Gasteiger partial charge in [-0.2, -0.15) is 5.10 Å². The zero-order valence-electron chi connectivity index (χ0n) is 5.79. The molecule has 54 valence electrons. The summed E-state index contributed by atoms with van der Waals surface area (Å²) in [6.45, 7) is 0. The van der Waals surface area contributed by atoms with Crippen LogP contribution >= 0.6 is 0 Å². The van der Waals surface area contributed by atoms with Crippen LogP contribution in [0, 0.1) is 0 Å². The number of aromatic amines is 1. The van der Waals surface area contributed by atoms with Gasteiger partial charge in [0.05, 0.1) is 0 Å². The molecule has 0 saturated heterocycles. The van der Waals surface area contributed by atoms with Crippen LogP contribution in [0.4, 0.5) is 0 Å². The van der Waals surface area contributed by atoms with E-state index in [4.69, 9.17) is 0 Å². The highest BCUT2D eigenvalue weighted by Gasteiger charge is 2.28. The second kappa shape index (κ2) is 1.71. The lowest BCUT2D eigenvalue weighted by molar-refractivity contribution is 0.778. The fourth-order valence-corrected chi connectivity index (χ4v) is 1.07. The summed E-state index contributed by atoms with van der Waals surface area (Å²) < 4.78 is 1.58. The standard InChI is InChI=1S/C6H9N3O/c1-9-5(4-2-3-4)7-8-6(9)10/h4H,2-3H2,1H3,(H,8,10). The van der Waals surface area contributed by atoms with Crippen LogP contribution in [-0.4, -0.2) is 14.8 Å². The first-order valence-corrected chi connectivity index (χ1v) is 3.40. The fourth-order valence-electron chi connectivity index (χ4n) is 1.07. The monoisotopic (exact) mass is 139 g/mol. The van der Waals surface area contributed by atoms with Gasteiger partial charge in [-0.15, -0.1) is 0 Å². The molecule has 0 aromatic carbocycles. The largest absolute Gasteiger partial charge is 0.343 e. The van der Waals surface area contributed by atoms with Gasteiger partial charge in [-0.25, -0.2) is 9.89 Å². The van der Waals surface area contributed by atoms with E-state index >= 15 is 0 Å². The Morgan fingerprint density at radius 1 is 1.70 bits per heavy atom. The molecule has 0 amide bonds. The molecule has 0 unspecified atom stereocenters. The average molecular weight is 139 g/mol. The Bertz CT molecular complexity index is 294. The van der Waals surface area contributed by atoms with Crippen LogP contribution in [0.1, 0.15) is 24.6 Å². The van der Waals surface area contributed by atoms with Crippen LogP contribution in [0.2, 0.25) is 0 Å². The van der Waals surface area contributed by atoms with E-state index in [2.05, 4.69) is 10.2 Å². The van der Waals surface area contributed by atoms with E-state index in [1.165, 1.54) is 12.8 Å². The molecule has 1 N–H and O–H groups in total. The Labute approximate surface area is 57.9 Å². The molecule has 1 heterocycles. The van der Waals surface area contributed by atoms with E-state index in [0.717, 1.165) is 5.82 Å². The number of hydrogen-bond donors (Lipinski definition) is 1. The van der Waals surface area contributed by atoms with E-state index in [1.54, 1.807) is 11.6 Å². The lowest BCUT2D eigenvalue weighted by atomic mass is 10.4. The van der Waals surface area contributed by atoms with Gasteiger partial charge in [-0.3, -0.25) is 4.57 Å². The second-order valence-corrected chi connectivity index (χ2v) is 2.72. The van der Waals surface area contributed by atoms with Crippen molar-refractivity contribution < 1.29 is 0 Å². The van der Waals surface area contributed by atoms with Gasteiger partial charge >= 0.3 is 5.69 Å². The molecule has 1 fully saturated rings. The third kappa shape index (κ3) is 0.683. The zero-order valence-corrected chi connectivity index (χ0v) is 5.79. The van der Waals surface area contributed by atoms with Crippen molar-refractivity contribution in [1.29, 1.82) is 0 Å². The van der Waals surface area contributed by atoms with Crippen LogP contribution in [-0.2, 0) is 7.05 Å². The first-order valence-electron chi connectivity index (χ1n) is 3.40. The van der Waals surface area contributed by atoms with Crippen molar-refractivity contribution in [2.45, 2.75) is 18.8 Å². The normalized spacial score (nSPS) is 17.7. The van der Waals surface area contributed by atoms with Gasteiger partial charge in [-0.1, -0.05) is 0 Å². The first-order chi connectivity index (χ1) is 4.79. The van der Waals surface area contributed by atoms with Crippen molar-refractivity contribution in [1.82, 2.24) is 14.8 Å². The van der Waals surface area contributed by atoms with Gasteiger partial charge < -0.3 is 0 Å². The maximum Gasteiger partial charge on any atom is 0.343 e. The smallest absolute Gasteiger partial charge is 0.282 e. The topological polar surface area (TPSA) is 50.7 Å². The lowest BCUT2D eigenvalue weighted by Crippen LogP contribution is -2.13. The van der Waals surface area contributed by atoms with Gasteiger partial charge in [-0.05, 0) is 12.8 Å². The van der Waals surface area contributed by atoms with E-state index < -0.39 is 0 Å². The Hall–Kier alpha value is -1.06. The van der Waals surface area contributed by atoms with Gasteiger partial charge in [0.1, 0.15) is 5.82 Å². The molecule has 10 heavy (non-hydrogen) atoms. The molecular weight excluding hydrogens is 130 g/mol. The molecule has 2 rings (SSSR count). The molecule has 4 nitrogen and oxygen atoms in total. The van der Waals surface area contributed by atoms with Crippen molar-refractivity contribution >= 4 is 0 Å². The SMILES string of the molecule is Cn1c(C2CC2)n[nH]c1=O. The number of aromatic nitrogens is 3. The number of hydrogen-bond acceptors (Lipinski definition) is 2. The second-order valence-electron chi connectivity index (χ2n) is 2.72. The van der Waals surface area contributed by atoms with Crippen molar-refractivity contribution in [3.63, 3.8) is 0 Å². The van der Waals surface area contributed by atoms with Crippen LogP contribution in [0.15, 0.2) is 4.79 Å². The van der Waals surface area contributed by atoms with Gasteiger partial charge in [0.2, 0.25) is 0 Å². The predicted molar refractivity (Wildman–Crippen MR) is 35.8 cm³/mol. The minimum atomic E-state index is -0.109. The highest BCUT2D eigenvalue weighted by molar-refractivity contribution is 5.03. The molecule has 0 bridgehead atoms. The Morgan fingerprint density at radius 2 is 2.40 bits per heavy atom. The summed E-state index contributed by atoms with van der Waals surface area (Å²) in [6, 6.07) is 0. The van der Waals surface area contributed by atoms with Crippen LogP contribution in [0.25, 0.3) is 0 Å². The molecule has 1 saturated carbocycles. The zero-order chi connectivity index (χ0) is 7.14. The van der Waals surface area contributed by atoms with Gasteiger partial charge in [0.25, 0.3) is 0 Å². The lowest BCUT2D eigenvalue weighted by Gasteiger charge is -1.91. The highest BCUT2D eigenvalue weighted by Crippen LogP contribution is 2.37. The summed E-state index contributed by atoms with van der Waals surface area (Å²) in [5.41, 5.74) is -0.109. The molecule has 0 aliphatic heterocycles. The number of rotatable bonds is 1. The van der Waals surface area contributed by atoms with Gasteiger partial charge in [0.15, 0.2) is 0 Å². The fraction of sp³-hybridized carbons (Fsp3) is 0.667. The molecule has 0 atom stereocenters. The molecule has 1 aliphatic carbocycles. The van der Waals surface area contributed by atoms with Crippen LogP contribution in [0.5, 0.6) is 0 Å². The van der Waals surface area contributed by atoms with E-state index in [9.17, 15) is 4.79 Å². The highest BCUT2D eigenvalue weighted by atomic mass is 16.1.